The van der Waals surface area contributed by atoms with E-state index in [2.05, 4.69) is 20.3 Å². The second-order valence-corrected chi connectivity index (χ2v) is 7.50. The van der Waals surface area contributed by atoms with Gasteiger partial charge in [-0.25, -0.2) is 15.0 Å². The number of nitrogens with one attached hydrogen (secondary N) is 1. The normalized spacial score (nSPS) is 16.5. The average Bonchev–Trinajstić information content (AvgIpc) is 3.29. The Morgan fingerprint density at radius 2 is 2.07 bits per heavy atom. The fraction of sp³-hybridized carbons (Fsp3) is 0.526. The molecule has 0 radical (unpaired) electrons. The van der Waals surface area contributed by atoms with E-state index in [1.165, 1.54) is 6.39 Å². The van der Waals surface area contributed by atoms with E-state index in [-0.39, 0.29) is 29.5 Å². The van der Waals surface area contributed by atoms with Crippen molar-refractivity contribution in [1.29, 1.82) is 0 Å². The summed E-state index contributed by atoms with van der Waals surface area (Å²) in [7, 11) is 3.70. The topological polar surface area (TPSA) is 104 Å². The van der Waals surface area contributed by atoms with Crippen LogP contribution in [-0.2, 0) is 0 Å². The predicted molar refractivity (Wildman–Crippen MR) is 103 cm³/mol. The number of amides is 2. The third-order valence-corrected chi connectivity index (χ3v) is 4.67. The molecule has 3 rings (SSSR count). The van der Waals surface area contributed by atoms with E-state index >= 15 is 0 Å². The van der Waals surface area contributed by atoms with E-state index in [1.807, 2.05) is 27.9 Å². The molecule has 1 N–H and O–H groups in total. The standard InChI is InChI=1S/C19H26N6O3/c1-11(2)22-17(26)14-8-20-19(24(4)5)23-15(14)13-6-7-25(9-13)18(27)16-12(3)21-10-28-16/h8,10-11,13H,6-7,9H2,1-5H3,(H,22,26). The molecule has 28 heavy (non-hydrogen) atoms. The average molecular weight is 386 g/mol. The van der Waals surface area contributed by atoms with Crippen LogP contribution >= 0.6 is 0 Å². The number of aryl methyl sites for hydroxylation is 1. The molecule has 1 saturated heterocycles. The summed E-state index contributed by atoms with van der Waals surface area (Å²) in [6.07, 6.45) is 3.56. The molecule has 0 aliphatic carbocycles. The van der Waals surface area contributed by atoms with Gasteiger partial charge in [0.2, 0.25) is 11.7 Å². The molecule has 2 aromatic heterocycles. The van der Waals surface area contributed by atoms with Gasteiger partial charge >= 0.3 is 0 Å². The minimum atomic E-state index is -0.203. The van der Waals surface area contributed by atoms with Gasteiger partial charge in [0.25, 0.3) is 11.8 Å². The van der Waals surface area contributed by atoms with Crippen LogP contribution in [0.15, 0.2) is 17.0 Å². The van der Waals surface area contributed by atoms with Gasteiger partial charge in [0, 0.05) is 45.3 Å². The van der Waals surface area contributed by atoms with Gasteiger partial charge < -0.3 is 19.5 Å². The van der Waals surface area contributed by atoms with E-state index in [1.54, 1.807) is 22.9 Å². The Labute approximate surface area is 164 Å². The molecule has 1 aliphatic heterocycles. The smallest absolute Gasteiger partial charge is 0.291 e. The number of aromatic nitrogens is 3. The first-order valence-corrected chi connectivity index (χ1v) is 9.32. The van der Waals surface area contributed by atoms with E-state index in [4.69, 9.17) is 4.42 Å². The molecule has 0 saturated carbocycles. The molecule has 1 atom stereocenters. The molecular weight excluding hydrogens is 360 g/mol. The van der Waals surface area contributed by atoms with Crippen LogP contribution in [0.5, 0.6) is 0 Å². The number of likely N-dealkylation sites (tertiary alicyclic amines) is 1. The monoisotopic (exact) mass is 386 g/mol. The zero-order valence-electron chi connectivity index (χ0n) is 16.9. The number of carbonyl (C=O) groups excluding carboxylic acids is 2. The van der Waals surface area contributed by atoms with Crippen LogP contribution in [0.4, 0.5) is 5.95 Å². The van der Waals surface area contributed by atoms with Crippen molar-refractivity contribution in [1.82, 2.24) is 25.2 Å². The number of anilines is 1. The highest BCUT2D eigenvalue weighted by atomic mass is 16.3. The summed E-state index contributed by atoms with van der Waals surface area (Å²) < 4.78 is 5.24. The summed E-state index contributed by atoms with van der Waals surface area (Å²) in [6, 6.07) is 0.00459. The third kappa shape index (κ3) is 3.97. The van der Waals surface area contributed by atoms with Gasteiger partial charge in [0.1, 0.15) is 0 Å². The predicted octanol–water partition coefficient (Wildman–Crippen LogP) is 1.61. The minimum absolute atomic E-state index is 0.00459. The molecule has 0 aromatic carbocycles. The number of carbonyl (C=O) groups is 2. The first-order chi connectivity index (χ1) is 13.3. The molecule has 9 heteroatoms. The molecule has 1 aliphatic rings. The zero-order valence-corrected chi connectivity index (χ0v) is 16.9. The van der Waals surface area contributed by atoms with E-state index in [0.29, 0.717) is 42.4 Å². The highest BCUT2D eigenvalue weighted by Gasteiger charge is 2.33. The number of nitrogens with zero attached hydrogens (tertiary/aromatic N) is 5. The summed E-state index contributed by atoms with van der Waals surface area (Å²) in [6.45, 7) is 6.58. The van der Waals surface area contributed by atoms with Crippen LogP contribution in [0.3, 0.4) is 0 Å². The lowest BCUT2D eigenvalue weighted by molar-refractivity contribution is 0.0758. The zero-order chi connectivity index (χ0) is 20.4. The van der Waals surface area contributed by atoms with Crippen LogP contribution in [0.1, 0.15) is 58.5 Å². The molecule has 2 aromatic rings. The Balaban J connectivity index is 1.87. The van der Waals surface area contributed by atoms with Crippen LogP contribution < -0.4 is 10.2 Å². The Hall–Kier alpha value is -2.97. The summed E-state index contributed by atoms with van der Waals surface area (Å²) in [5, 5.41) is 2.90. The summed E-state index contributed by atoms with van der Waals surface area (Å²) >= 11 is 0. The fourth-order valence-corrected chi connectivity index (χ4v) is 3.25. The SMILES string of the molecule is Cc1ncoc1C(=O)N1CCC(c2nc(N(C)C)ncc2C(=O)NC(C)C)C1. The molecule has 0 spiro atoms. The maximum Gasteiger partial charge on any atom is 0.291 e. The van der Waals surface area contributed by atoms with Crippen molar-refractivity contribution < 1.29 is 14.0 Å². The molecule has 3 heterocycles. The van der Waals surface area contributed by atoms with E-state index in [0.717, 1.165) is 0 Å². The first kappa shape index (κ1) is 19.8. The second kappa shape index (κ2) is 7.95. The van der Waals surface area contributed by atoms with E-state index in [9.17, 15) is 9.59 Å². The van der Waals surface area contributed by atoms with Gasteiger partial charge in [-0.1, -0.05) is 0 Å². The van der Waals surface area contributed by atoms with Gasteiger partial charge in [-0.05, 0) is 27.2 Å². The molecule has 0 bridgehead atoms. The number of hydrogen-bond donors (Lipinski definition) is 1. The Bertz CT molecular complexity index is 876. The van der Waals surface area contributed by atoms with Crippen LogP contribution in [0, 0.1) is 6.92 Å². The maximum absolute atomic E-state index is 12.7. The third-order valence-electron chi connectivity index (χ3n) is 4.67. The van der Waals surface area contributed by atoms with Gasteiger partial charge in [-0.2, -0.15) is 0 Å². The Morgan fingerprint density at radius 1 is 1.32 bits per heavy atom. The van der Waals surface area contributed by atoms with Gasteiger partial charge in [0.15, 0.2) is 6.39 Å². The minimum Gasteiger partial charge on any atom is -0.438 e. The molecule has 1 fully saturated rings. The highest BCUT2D eigenvalue weighted by Crippen LogP contribution is 2.30. The van der Waals surface area contributed by atoms with Crippen molar-refractivity contribution in [3.05, 3.63) is 35.3 Å². The number of hydrogen-bond acceptors (Lipinski definition) is 7. The van der Waals surface area contributed by atoms with Crippen molar-refractivity contribution in [3.63, 3.8) is 0 Å². The lowest BCUT2D eigenvalue weighted by atomic mass is 9.99. The summed E-state index contributed by atoms with van der Waals surface area (Å²) in [5.41, 5.74) is 1.69. The summed E-state index contributed by atoms with van der Waals surface area (Å²) in [5.74, 6) is 0.350. The molecule has 9 nitrogen and oxygen atoms in total. The lowest BCUT2D eigenvalue weighted by Gasteiger charge is -2.19. The molecule has 150 valence electrons. The highest BCUT2D eigenvalue weighted by molar-refractivity contribution is 5.96. The molecule has 2 amide bonds. The first-order valence-electron chi connectivity index (χ1n) is 9.32. The van der Waals surface area contributed by atoms with Crippen molar-refractivity contribution >= 4 is 17.8 Å². The van der Waals surface area contributed by atoms with Gasteiger partial charge in [0.05, 0.1) is 17.0 Å². The largest absolute Gasteiger partial charge is 0.438 e. The maximum atomic E-state index is 12.7. The summed E-state index contributed by atoms with van der Waals surface area (Å²) in [4.78, 5) is 41.8. The number of oxazole rings is 1. The van der Waals surface area contributed by atoms with Crippen LogP contribution in [-0.4, -0.2) is 64.9 Å². The molecule has 1 unspecified atom stereocenters. The molecular formula is C19H26N6O3. The Morgan fingerprint density at radius 3 is 2.68 bits per heavy atom. The quantitative estimate of drug-likeness (QED) is 0.832. The van der Waals surface area contributed by atoms with Crippen molar-refractivity contribution in [2.45, 2.75) is 39.2 Å². The van der Waals surface area contributed by atoms with Gasteiger partial charge in [-0.3, -0.25) is 9.59 Å². The van der Waals surface area contributed by atoms with E-state index < -0.39 is 0 Å². The lowest BCUT2D eigenvalue weighted by Crippen LogP contribution is -2.32. The van der Waals surface area contributed by atoms with Crippen LogP contribution in [0.25, 0.3) is 0 Å². The van der Waals surface area contributed by atoms with Crippen molar-refractivity contribution in [3.8, 4) is 0 Å². The van der Waals surface area contributed by atoms with Crippen LogP contribution in [0.2, 0.25) is 0 Å². The van der Waals surface area contributed by atoms with Crippen molar-refractivity contribution in [2.75, 3.05) is 32.1 Å². The second-order valence-electron chi connectivity index (χ2n) is 7.50. The van der Waals surface area contributed by atoms with Crippen molar-refractivity contribution in [2.24, 2.45) is 0 Å². The van der Waals surface area contributed by atoms with Gasteiger partial charge in [-0.15, -0.1) is 0 Å². The number of rotatable bonds is 5. The Kier molecular flexibility index (Phi) is 5.62. The fourth-order valence-electron chi connectivity index (χ4n) is 3.25.